The van der Waals surface area contributed by atoms with Gasteiger partial charge in [0.15, 0.2) is 11.6 Å². The third-order valence-corrected chi connectivity index (χ3v) is 2.71. The number of aromatic nitrogens is 1. The van der Waals surface area contributed by atoms with Gasteiger partial charge >= 0.3 is 0 Å². The second-order valence-electron chi connectivity index (χ2n) is 4.05. The van der Waals surface area contributed by atoms with E-state index in [2.05, 4.69) is 15.7 Å². The van der Waals surface area contributed by atoms with Crippen molar-refractivity contribution in [2.24, 2.45) is 5.84 Å². The number of halogens is 1. The first kappa shape index (κ1) is 14.7. The first-order chi connectivity index (χ1) is 10.2. The molecule has 0 atom stereocenters. The quantitative estimate of drug-likeness (QED) is 0.580. The number of ether oxygens (including phenoxy) is 1. The van der Waals surface area contributed by atoms with Crippen molar-refractivity contribution in [2.75, 3.05) is 17.3 Å². The minimum atomic E-state index is -0.814. The molecule has 2 rings (SSSR count). The Bertz CT molecular complexity index is 649. The fourth-order valence-corrected chi connectivity index (χ4v) is 1.76. The smallest absolute Gasteiger partial charge is 0.258 e. The largest absolute Gasteiger partial charge is 0.492 e. The van der Waals surface area contributed by atoms with Gasteiger partial charge in [-0.1, -0.05) is 12.1 Å². The molecule has 0 aliphatic rings. The van der Waals surface area contributed by atoms with E-state index in [1.54, 1.807) is 24.3 Å². The number of hydrogen-bond acceptors (Lipinski definition) is 5. The maximum absolute atomic E-state index is 14.0. The van der Waals surface area contributed by atoms with Gasteiger partial charge in [0.05, 0.1) is 17.9 Å². The van der Waals surface area contributed by atoms with E-state index in [1.807, 2.05) is 6.92 Å². The number of pyridine rings is 1. The van der Waals surface area contributed by atoms with Crippen LogP contribution < -0.4 is 21.3 Å². The maximum atomic E-state index is 14.0. The second kappa shape index (κ2) is 6.67. The average Bonchev–Trinajstić information content (AvgIpc) is 2.49. The number of nitrogen functional groups attached to an aromatic ring is 1. The molecule has 0 spiro atoms. The van der Waals surface area contributed by atoms with E-state index in [4.69, 9.17) is 10.6 Å². The van der Waals surface area contributed by atoms with Gasteiger partial charge in [-0.3, -0.25) is 4.79 Å². The summed E-state index contributed by atoms with van der Waals surface area (Å²) < 4.78 is 19.4. The zero-order valence-electron chi connectivity index (χ0n) is 11.4. The lowest BCUT2D eigenvalue weighted by Crippen LogP contribution is -2.18. The molecule has 1 aromatic heterocycles. The lowest BCUT2D eigenvalue weighted by Gasteiger charge is -2.12. The zero-order chi connectivity index (χ0) is 15.2. The van der Waals surface area contributed by atoms with E-state index < -0.39 is 11.7 Å². The van der Waals surface area contributed by atoms with E-state index in [0.29, 0.717) is 18.0 Å². The molecule has 0 unspecified atom stereocenters. The summed E-state index contributed by atoms with van der Waals surface area (Å²) in [6, 6.07) is 8.19. The van der Waals surface area contributed by atoms with Gasteiger partial charge in [0.25, 0.3) is 5.91 Å². The summed E-state index contributed by atoms with van der Waals surface area (Å²) in [5.74, 6) is 4.03. The van der Waals surface area contributed by atoms with Crippen LogP contribution in [-0.4, -0.2) is 17.5 Å². The van der Waals surface area contributed by atoms with Crippen molar-refractivity contribution in [2.45, 2.75) is 6.92 Å². The standard InChI is InChI=1S/C14H15FN4O2/c1-2-21-11-6-4-3-5-10(11)18-14(20)9-7-8-17-13(19-16)12(9)15/h3-8H,2,16H2,1H3,(H,17,19)(H,18,20). The predicted octanol–water partition coefficient (Wildman–Crippen LogP) is 2.16. The van der Waals surface area contributed by atoms with E-state index >= 15 is 0 Å². The molecule has 0 fully saturated rings. The molecule has 6 nitrogen and oxygen atoms in total. The highest BCUT2D eigenvalue weighted by molar-refractivity contribution is 6.05. The number of nitrogens with zero attached hydrogens (tertiary/aromatic N) is 1. The highest BCUT2D eigenvalue weighted by atomic mass is 19.1. The van der Waals surface area contributed by atoms with Crippen LogP contribution in [0.1, 0.15) is 17.3 Å². The number of anilines is 2. The predicted molar refractivity (Wildman–Crippen MR) is 77.6 cm³/mol. The highest BCUT2D eigenvalue weighted by Crippen LogP contribution is 2.25. The van der Waals surface area contributed by atoms with Gasteiger partial charge in [0.1, 0.15) is 5.75 Å². The molecule has 4 N–H and O–H groups in total. The molecular formula is C14H15FN4O2. The van der Waals surface area contributed by atoms with Crippen molar-refractivity contribution in [1.82, 2.24) is 4.98 Å². The Kier molecular flexibility index (Phi) is 4.68. The number of hydrazine groups is 1. The number of amides is 1. The molecule has 1 aromatic carbocycles. The minimum absolute atomic E-state index is 0.163. The molecule has 0 aliphatic carbocycles. The number of nitrogens with two attached hydrogens (primary N) is 1. The summed E-state index contributed by atoms with van der Waals surface area (Å²) in [4.78, 5) is 15.8. The average molecular weight is 290 g/mol. The van der Waals surface area contributed by atoms with Gasteiger partial charge in [-0.05, 0) is 25.1 Å². The summed E-state index contributed by atoms with van der Waals surface area (Å²) in [6.45, 7) is 2.29. The SMILES string of the molecule is CCOc1ccccc1NC(=O)c1ccnc(NN)c1F. The summed E-state index contributed by atoms with van der Waals surface area (Å²) in [7, 11) is 0. The van der Waals surface area contributed by atoms with Crippen LogP contribution in [0.25, 0.3) is 0 Å². The maximum Gasteiger partial charge on any atom is 0.258 e. The summed E-state index contributed by atoms with van der Waals surface area (Å²) >= 11 is 0. The van der Waals surface area contributed by atoms with Gasteiger partial charge in [-0.15, -0.1) is 0 Å². The first-order valence-electron chi connectivity index (χ1n) is 6.31. The van der Waals surface area contributed by atoms with Crippen LogP contribution in [0.2, 0.25) is 0 Å². The molecule has 0 saturated carbocycles. The minimum Gasteiger partial charge on any atom is -0.492 e. The third kappa shape index (κ3) is 3.26. The first-order valence-corrected chi connectivity index (χ1v) is 6.31. The van der Waals surface area contributed by atoms with Crippen molar-refractivity contribution < 1.29 is 13.9 Å². The van der Waals surface area contributed by atoms with Crippen molar-refractivity contribution in [3.63, 3.8) is 0 Å². The van der Waals surface area contributed by atoms with E-state index in [9.17, 15) is 9.18 Å². The van der Waals surface area contributed by atoms with Gasteiger partial charge in [-0.25, -0.2) is 15.2 Å². The van der Waals surface area contributed by atoms with E-state index in [0.717, 1.165) is 0 Å². The van der Waals surface area contributed by atoms with Crippen molar-refractivity contribution in [3.05, 3.63) is 47.9 Å². The van der Waals surface area contributed by atoms with Gasteiger partial charge < -0.3 is 15.5 Å². The van der Waals surface area contributed by atoms with Crippen LogP contribution in [0.4, 0.5) is 15.9 Å². The van der Waals surface area contributed by atoms with Gasteiger partial charge in [-0.2, -0.15) is 0 Å². The Labute approximate surface area is 121 Å². The molecule has 0 saturated heterocycles. The van der Waals surface area contributed by atoms with Crippen LogP contribution in [0.3, 0.4) is 0 Å². The van der Waals surface area contributed by atoms with Crippen LogP contribution in [0, 0.1) is 5.82 Å². The Morgan fingerprint density at radius 3 is 2.86 bits per heavy atom. The van der Waals surface area contributed by atoms with Crippen LogP contribution in [0.5, 0.6) is 5.75 Å². The van der Waals surface area contributed by atoms with Crippen molar-refractivity contribution in [1.29, 1.82) is 0 Å². The molecule has 1 amide bonds. The molecule has 2 aromatic rings. The monoisotopic (exact) mass is 290 g/mol. The van der Waals surface area contributed by atoms with Gasteiger partial charge in [0, 0.05) is 6.20 Å². The lowest BCUT2D eigenvalue weighted by molar-refractivity contribution is 0.102. The van der Waals surface area contributed by atoms with Gasteiger partial charge in [0.2, 0.25) is 0 Å². The number of carbonyl (C=O) groups excluding carboxylic acids is 1. The topological polar surface area (TPSA) is 89.3 Å². The number of nitrogens with one attached hydrogen (secondary N) is 2. The number of para-hydroxylation sites is 2. The fourth-order valence-electron chi connectivity index (χ4n) is 1.76. The molecule has 1 heterocycles. The second-order valence-corrected chi connectivity index (χ2v) is 4.05. The molecule has 0 bridgehead atoms. The molecule has 0 radical (unpaired) electrons. The van der Waals surface area contributed by atoms with E-state index in [-0.39, 0.29) is 11.4 Å². The number of rotatable bonds is 5. The highest BCUT2D eigenvalue weighted by Gasteiger charge is 2.17. The molecule has 0 aliphatic heterocycles. The Hall–Kier alpha value is -2.67. The van der Waals surface area contributed by atoms with Crippen molar-refractivity contribution in [3.8, 4) is 5.75 Å². The lowest BCUT2D eigenvalue weighted by atomic mass is 10.2. The Balaban J connectivity index is 2.26. The number of benzene rings is 1. The summed E-state index contributed by atoms with van der Waals surface area (Å²) in [5, 5.41) is 2.60. The third-order valence-electron chi connectivity index (χ3n) is 2.71. The molecular weight excluding hydrogens is 275 g/mol. The van der Waals surface area contributed by atoms with Crippen molar-refractivity contribution >= 4 is 17.4 Å². The summed E-state index contributed by atoms with van der Waals surface area (Å²) in [5.41, 5.74) is 2.39. The van der Waals surface area contributed by atoms with Crippen LogP contribution >= 0.6 is 0 Å². The van der Waals surface area contributed by atoms with E-state index in [1.165, 1.54) is 12.3 Å². The zero-order valence-corrected chi connectivity index (χ0v) is 11.4. The molecule has 110 valence electrons. The fraction of sp³-hybridized carbons (Fsp3) is 0.143. The van der Waals surface area contributed by atoms with Crippen LogP contribution in [0.15, 0.2) is 36.5 Å². The molecule has 7 heteroatoms. The van der Waals surface area contributed by atoms with Crippen LogP contribution in [-0.2, 0) is 0 Å². The summed E-state index contributed by atoms with van der Waals surface area (Å²) in [6.07, 6.45) is 1.29. The normalized spacial score (nSPS) is 10.0. The Morgan fingerprint density at radius 2 is 2.14 bits per heavy atom. The molecule has 21 heavy (non-hydrogen) atoms. The Morgan fingerprint density at radius 1 is 1.38 bits per heavy atom. The number of carbonyl (C=O) groups is 1. The number of hydrogen-bond donors (Lipinski definition) is 3.